The van der Waals surface area contributed by atoms with Gasteiger partial charge in [-0.3, -0.25) is 9.59 Å². The molecule has 0 aliphatic carbocycles. The number of nitrogen functional groups attached to an aromatic ring is 1. The Hall–Kier alpha value is -4.41. The Morgan fingerprint density at radius 1 is 1.16 bits per heavy atom. The SMILES string of the molecule is COc1ccccc1Nc1nc(N)nc(COC(=O)CC2Oc3ccccc3NC2=O)n1. The number of nitrogens with two attached hydrogens (primary N) is 1. The van der Waals surface area contributed by atoms with Crippen molar-refractivity contribution in [2.45, 2.75) is 19.1 Å². The van der Waals surface area contributed by atoms with Gasteiger partial charge in [-0.25, -0.2) is 0 Å². The van der Waals surface area contributed by atoms with Crippen LogP contribution in [0.4, 0.5) is 23.3 Å². The first kappa shape index (κ1) is 20.8. The Morgan fingerprint density at radius 2 is 1.94 bits per heavy atom. The van der Waals surface area contributed by atoms with E-state index in [1.165, 1.54) is 0 Å². The van der Waals surface area contributed by atoms with E-state index in [0.717, 1.165) is 0 Å². The number of esters is 1. The molecule has 2 aromatic carbocycles. The van der Waals surface area contributed by atoms with Gasteiger partial charge in [0, 0.05) is 0 Å². The van der Waals surface area contributed by atoms with Crippen molar-refractivity contribution >= 4 is 35.1 Å². The van der Waals surface area contributed by atoms with Gasteiger partial charge in [0.1, 0.15) is 11.5 Å². The number of amides is 1. The lowest BCUT2D eigenvalue weighted by molar-refractivity contribution is -0.149. The van der Waals surface area contributed by atoms with Crippen molar-refractivity contribution in [2.24, 2.45) is 0 Å². The number of methoxy groups -OCH3 is 1. The molecule has 4 rings (SSSR count). The molecule has 2 heterocycles. The summed E-state index contributed by atoms with van der Waals surface area (Å²) in [6, 6.07) is 14.2. The highest BCUT2D eigenvalue weighted by Gasteiger charge is 2.30. The van der Waals surface area contributed by atoms with Gasteiger partial charge in [0.25, 0.3) is 5.91 Å². The fraction of sp³-hybridized carbons (Fsp3) is 0.190. The number of nitrogens with zero attached hydrogens (tertiary/aromatic N) is 3. The van der Waals surface area contributed by atoms with Gasteiger partial charge in [-0.05, 0) is 24.3 Å². The number of rotatable bonds is 7. The second-order valence-corrected chi connectivity index (χ2v) is 6.72. The van der Waals surface area contributed by atoms with E-state index in [2.05, 4.69) is 25.6 Å². The summed E-state index contributed by atoms with van der Waals surface area (Å²) in [5.41, 5.74) is 6.94. The summed E-state index contributed by atoms with van der Waals surface area (Å²) in [6.45, 7) is -0.253. The number of para-hydroxylation sites is 4. The second-order valence-electron chi connectivity index (χ2n) is 6.72. The first-order valence-corrected chi connectivity index (χ1v) is 9.64. The Balaban J connectivity index is 1.37. The summed E-state index contributed by atoms with van der Waals surface area (Å²) in [7, 11) is 1.54. The third-order valence-electron chi connectivity index (χ3n) is 4.47. The molecule has 4 N–H and O–H groups in total. The fourth-order valence-electron chi connectivity index (χ4n) is 3.01. The lowest BCUT2D eigenvalue weighted by Gasteiger charge is -2.25. The van der Waals surface area contributed by atoms with Gasteiger partial charge in [-0.2, -0.15) is 15.0 Å². The number of anilines is 4. The second kappa shape index (κ2) is 9.16. The van der Waals surface area contributed by atoms with Gasteiger partial charge in [-0.15, -0.1) is 0 Å². The molecule has 0 bridgehead atoms. The van der Waals surface area contributed by atoms with E-state index in [0.29, 0.717) is 22.9 Å². The highest BCUT2D eigenvalue weighted by atomic mass is 16.5. The molecular formula is C21H20N6O5. The molecule has 1 unspecified atom stereocenters. The van der Waals surface area contributed by atoms with E-state index < -0.39 is 18.0 Å². The number of carbonyl (C=O) groups excluding carboxylic acids is 2. The van der Waals surface area contributed by atoms with Crippen LogP contribution >= 0.6 is 0 Å². The average Bonchev–Trinajstić information content (AvgIpc) is 2.78. The third-order valence-corrected chi connectivity index (χ3v) is 4.47. The first-order valence-electron chi connectivity index (χ1n) is 9.64. The zero-order valence-electron chi connectivity index (χ0n) is 17.1. The number of hydrogen-bond acceptors (Lipinski definition) is 10. The van der Waals surface area contributed by atoms with Crippen LogP contribution in [0, 0.1) is 0 Å². The summed E-state index contributed by atoms with van der Waals surface area (Å²) in [4.78, 5) is 36.7. The molecule has 32 heavy (non-hydrogen) atoms. The van der Waals surface area contributed by atoms with Crippen LogP contribution in [-0.2, 0) is 20.9 Å². The normalized spacial score (nSPS) is 14.5. The highest BCUT2D eigenvalue weighted by molar-refractivity contribution is 5.99. The zero-order valence-corrected chi connectivity index (χ0v) is 17.1. The van der Waals surface area contributed by atoms with Crippen molar-refractivity contribution in [1.82, 2.24) is 15.0 Å². The number of aromatic nitrogens is 3. The molecule has 3 aromatic rings. The summed E-state index contributed by atoms with van der Waals surface area (Å²) in [5, 5.41) is 5.69. The van der Waals surface area contributed by atoms with Crippen molar-refractivity contribution in [3.63, 3.8) is 0 Å². The molecule has 164 valence electrons. The Kier molecular flexibility index (Phi) is 5.97. The van der Waals surface area contributed by atoms with Crippen molar-refractivity contribution in [2.75, 3.05) is 23.5 Å². The van der Waals surface area contributed by atoms with E-state index in [4.69, 9.17) is 19.9 Å². The molecule has 11 heteroatoms. The van der Waals surface area contributed by atoms with E-state index in [9.17, 15) is 9.59 Å². The maximum absolute atomic E-state index is 12.3. The summed E-state index contributed by atoms with van der Waals surface area (Å²) in [6.07, 6.45) is -1.27. The summed E-state index contributed by atoms with van der Waals surface area (Å²) >= 11 is 0. The number of carbonyl (C=O) groups is 2. The zero-order chi connectivity index (χ0) is 22.5. The van der Waals surface area contributed by atoms with Crippen molar-refractivity contribution in [3.05, 3.63) is 54.4 Å². The molecule has 0 fully saturated rings. The molecule has 1 aromatic heterocycles. The first-order chi connectivity index (χ1) is 15.5. The van der Waals surface area contributed by atoms with Gasteiger partial charge in [0.2, 0.25) is 11.9 Å². The van der Waals surface area contributed by atoms with E-state index in [1.54, 1.807) is 43.5 Å². The topological polar surface area (TPSA) is 151 Å². The Bertz CT molecular complexity index is 1160. The quantitative estimate of drug-likeness (QED) is 0.469. The molecule has 1 amide bonds. The molecule has 0 saturated carbocycles. The van der Waals surface area contributed by atoms with E-state index in [-0.39, 0.29) is 30.7 Å². The largest absolute Gasteiger partial charge is 0.495 e. The number of ether oxygens (including phenoxy) is 3. The summed E-state index contributed by atoms with van der Waals surface area (Å²) < 4.78 is 16.1. The number of nitrogens with one attached hydrogen (secondary N) is 2. The van der Waals surface area contributed by atoms with Crippen LogP contribution in [0.5, 0.6) is 11.5 Å². The van der Waals surface area contributed by atoms with E-state index >= 15 is 0 Å². The van der Waals surface area contributed by atoms with Crippen LogP contribution in [0.25, 0.3) is 0 Å². The van der Waals surface area contributed by atoms with E-state index in [1.807, 2.05) is 12.1 Å². The van der Waals surface area contributed by atoms with Gasteiger partial charge >= 0.3 is 5.97 Å². The molecule has 0 radical (unpaired) electrons. The van der Waals surface area contributed by atoms with Crippen LogP contribution in [0.3, 0.4) is 0 Å². The van der Waals surface area contributed by atoms with Crippen molar-refractivity contribution in [3.8, 4) is 11.5 Å². The van der Waals surface area contributed by atoms with Gasteiger partial charge < -0.3 is 30.6 Å². The maximum atomic E-state index is 12.3. The van der Waals surface area contributed by atoms with Gasteiger partial charge in [-0.1, -0.05) is 24.3 Å². The molecular weight excluding hydrogens is 416 g/mol. The molecule has 1 aliphatic heterocycles. The predicted octanol–water partition coefficient (Wildman–Crippen LogP) is 2.04. The molecule has 0 saturated heterocycles. The predicted molar refractivity (Wildman–Crippen MR) is 114 cm³/mol. The Morgan fingerprint density at radius 3 is 2.78 bits per heavy atom. The molecule has 1 atom stereocenters. The number of benzene rings is 2. The van der Waals surface area contributed by atoms with Crippen molar-refractivity contribution < 1.29 is 23.8 Å². The lowest BCUT2D eigenvalue weighted by Crippen LogP contribution is -2.38. The van der Waals surface area contributed by atoms with Crippen LogP contribution in [0.2, 0.25) is 0 Å². The summed E-state index contributed by atoms with van der Waals surface area (Å²) in [5.74, 6) is 0.266. The van der Waals surface area contributed by atoms with Crippen LogP contribution < -0.4 is 25.8 Å². The minimum Gasteiger partial charge on any atom is -0.495 e. The minimum atomic E-state index is -0.997. The molecule has 1 aliphatic rings. The number of fused-ring (bicyclic) bond motifs is 1. The van der Waals surface area contributed by atoms with Crippen LogP contribution in [0.1, 0.15) is 12.2 Å². The van der Waals surface area contributed by atoms with Crippen LogP contribution in [0.15, 0.2) is 48.5 Å². The monoisotopic (exact) mass is 436 g/mol. The Labute approximate surface area is 182 Å². The van der Waals surface area contributed by atoms with Crippen molar-refractivity contribution in [1.29, 1.82) is 0 Å². The lowest BCUT2D eigenvalue weighted by atomic mass is 10.1. The van der Waals surface area contributed by atoms with Crippen LogP contribution in [-0.4, -0.2) is 40.0 Å². The van der Waals surface area contributed by atoms with Gasteiger partial charge in [0.05, 0.1) is 24.9 Å². The highest BCUT2D eigenvalue weighted by Crippen LogP contribution is 2.30. The molecule has 0 spiro atoms. The third kappa shape index (κ3) is 4.83. The molecule has 11 nitrogen and oxygen atoms in total. The number of hydrogen-bond donors (Lipinski definition) is 3. The van der Waals surface area contributed by atoms with Gasteiger partial charge in [0.15, 0.2) is 18.5 Å². The maximum Gasteiger partial charge on any atom is 0.310 e. The minimum absolute atomic E-state index is 0.0463. The standard InChI is InChI=1S/C21H20N6O5/c1-30-14-8-4-2-6-12(14)24-21-26-17(25-20(22)27-21)11-31-18(28)10-16-19(29)23-13-7-3-5-9-15(13)32-16/h2-9,16H,10-11H2,1H3,(H,23,29)(H3,22,24,25,26,27). The smallest absolute Gasteiger partial charge is 0.310 e. The fourth-order valence-corrected chi connectivity index (χ4v) is 3.01. The average molecular weight is 436 g/mol.